The molecule has 3 heteroatoms. The fourth-order valence-electron chi connectivity index (χ4n) is 1.95. The molecule has 130 valence electrons. The lowest BCUT2D eigenvalue weighted by atomic mass is 10.2. The van der Waals surface area contributed by atoms with E-state index in [-0.39, 0.29) is 6.42 Å². The average molecular weight is 319 g/mol. The number of aliphatic hydroxyl groups excluding tert-OH is 1. The van der Waals surface area contributed by atoms with Gasteiger partial charge < -0.3 is 15.0 Å². The third-order valence-electron chi connectivity index (χ3n) is 3.29. The zero-order valence-corrected chi connectivity index (χ0v) is 14.3. The van der Waals surface area contributed by atoms with Gasteiger partial charge in [-0.25, -0.2) is 0 Å². The van der Waals surface area contributed by atoms with Crippen LogP contribution < -0.4 is 5.11 Å². The van der Waals surface area contributed by atoms with E-state index >= 15 is 0 Å². The molecule has 0 amide bonds. The van der Waals surface area contributed by atoms with Crippen LogP contribution in [0.3, 0.4) is 0 Å². The second-order valence-corrected chi connectivity index (χ2v) is 5.55. The number of rotatable bonds is 14. The van der Waals surface area contributed by atoms with Gasteiger partial charge in [-0.1, -0.05) is 68.4 Å². The summed E-state index contributed by atoms with van der Waals surface area (Å²) in [6.07, 6.45) is 23.1. The van der Waals surface area contributed by atoms with Gasteiger partial charge in [0.1, 0.15) is 0 Å². The number of hydrogen-bond donors (Lipinski definition) is 1. The van der Waals surface area contributed by atoms with Crippen molar-refractivity contribution in [3.05, 3.63) is 48.6 Å². The molecule has 0 aromatic carbocycles. The number of carbonyl (C=O) groups is 1. The summed E-state index contributed by atoms with van der Waals surface area (Å²) < 4.78 is 0. The first-order chi connectivity index (χ1) is 11.2. The molecule has 3 nitrogen and oxygen atoms in total. The van der Waals surface area contributed by atoms with Crippen LogP contribution in [0, 0.1) is 0 Å². The summed E-state index contributed by atoms with van der Waals surface area (Å²) in [5, 5.41) is 20.0. The number of carboxylic acids is 1. The highest BCUT2D eigenvalue weighted by Crippen LogP contribution is 2.01. The second-order valence-electron chi connectivity index (χ2n) is 5.55. The fraction of sp³-hybridized carbons (Fsp3) is 0.550. The molecule has 0 bridgehead atoms. The molecule has 0 aliphatic rings. The van der Waals surface area contributed by atoms with Crippen molar-refractivity contribution in [2.75, 3.05) is 0 Å². The number of aliphatic hydroxyl groups is 1. The van der Waals surface area contributed by atoms with Crippen molar-refractivity contribution in [1.29, 1.82) is 0 Å². The van der Waals surface area contributed by atoms with Gasteiger partial charge in [-0.2, -0.15) is 0 Å². The van der Waals surface area contributed by atoms with E-state index in [0.717, 1.165) is 19.3 Å². The summed E-state index contributed by atoms with van der Waals surface area (Å²) in [7, 11) is 0. The minimum atomic E-state index is -0.990. The second kappa shape index (κ2) is 16.8. The maximum Gasteiger partial charge on any atom is 0.0758 e. The minimum Gasteiger partial charge on any atom is -0.550 e. The van der Waals surface area contributed by atoms with Gasteiger partial charge in [0.15, 0.2) is 0 Å². The van der Waals surface area contributed by atoms with E-state index in [4.69, 9.17) is 0 Å². The lowest BCUT2D eigenvalue weighted by Gasteiger charge is -1.99. The van der Waals surface area contributed by atoms with Gasteiger partial charge in [0.25, 0.3) is 0 Å². The number of unbranched alkanes of at least 4 members (excludes halogenated alkanes) is 4. The molecule has 1 unspecified atom stereocenters. The van der Waals surface area contributed by atoms with Crippen LogP contribution in [0.15, 0.2) is 48.6 Å². The Balaban J connectivity index is 3.61. The Kier molecular flexibility index (Phi) is 15.6. The first kappa shape index (κ1) is 21.4. The van der Waals surface area contributed by atoms with E-state index < -0.39 is 12.1 Å². The Labute approximate surface area is 141 Å². The molecule has 1 atom stereocenters. The van der Waals surface area contributed by atoms with Gasteiger partial charge in [0, 0.05) is 5.97 Å². The molecule has 0 spiro atoms. The predicted octanol–water partition coefficient (Wildman–Crippen LogP) is 3.85. The van der Waals surface area contributed by atoms with Gasteiger partial charge in [-0.15, -0.1) is 0 Å². The highest BCUT2D eigenvalue weighted by Gasteiger charge is 1.92. The van der Waals surface area contributed by atoms with Crippen LogP contribution in [-0.4, -0.2) is 17.2 Å². The van der Waals surface area contributed by atoms with E-state index in [0.29, 0.717) is 12.8 Å². The SMILES string of the molecule is CCCCC/C=C\C=C\C(O)C/C=C\C/C=C\CCCC(=O)[O-]. The van der Waals surface area contributed by atoms with Crippen molar-refractivity contribution in [3.8, 4) is 0 Å². The van der Waals surface area contributed by atoms with Gasteiger partial charge in [-0.05, 0) is 44.9 Å². The summed E-state index contributed by atoms with van der Waals surface area (Å²) in [5.41, 5.74) is 0. The highest BCUT2D eigenvalue weighted by atomic mass is 16.4. The van der Waals surface area contributed by atoms with E-state index in [1.807, 2.05) is 36.5 Å². The highest BCUT2D eigenvalue weighted by molar-refractivity contribution is 5.64. The number of carbonyl (C=O) groups excluding carboxylic acids is 1. The largest absolute Gasteiger partial charge is 0.550 e. The molecule has 0 heterocycles. The summed E-state index contributed by atoms with van der Waals surface area (Å²) in [6.45, 7) is 2.19. The van der Waals surface area contributed by atoms with Gasteiger partial charge in [0.2, 0.25) is 0 Å². The third-order valence-corrected chi connectivity index (χ3v) is 3.29. The molecular weight excluding hydrogens is 288 g/mol. The molecule has 1 N–H and O–H groups in total. The molecular formula is C20H31O3-. The third kappa shape index (κ3) is 18.3. The molecule has 0 aliphatic heterocycles. The van der Waals surface area contributed by atoms with Crippen LogP contribution in [0.25, 0.3) is 0 Å². The standard InChI is InChI=1S/C20H32O3/c1-2-3-4-5-7-10-13-16-19(21)17-14-11-8-6-9-12-15-18-20(22)23/h6-7,9-11,13-14,16,19,21H,2-5,8,12,15,17-18H2,1H3,(H,22,23)/p-1/b9-6-,10-7-,14-11-,16-13+. The van der Waals surface area contributed by atoms with Crippen LogP contribution in [0.2, 0.25) is 0 Å². The first-order valence-electron chi connectivity index (χ1n) is 8.68. The van der Waals surface area contributed by atoms with E-state index in [2.05, 4.69) is 13.0 Å². The van der Waals surface area contributed by atoms with Crippen molar-refractivity contribution in [3.63, 3.8) is 0 Å². The van der Waals surface area contributed by atoms with Crippen LogP contribution in [0.1, 0.15) is 64.7 Å². The number of allylic oxidation sites excluding steroid dienone is 6. The van der Waals surface area contributed by atoms with Gasteiger partial charge in [0.05, 0.1) is 6.10 Å². The predicted molar refractivity (Wildman–Crippen MR) is 94.8 cm³/mol. The van der Waals surface area contributed by atoms with E-state index in [1.165, 1.54) is 19.3 Å². The average Bonchev–Trinajstić information content (AvgIpc) is 2.52. The summed E-state index contributed by atoms with van der Waals surface area (Å²) in [6, 6.07) is 0. The van der Waals surface area contributed by atoms with Crippen molar-refractivity contribution in [2.24, 2.45) is 0 Å². The quantitative estimate of drug-likeness (QED) is 0.300. The monoisotopic (exact) mass is 319 g/mol. The first-order valence-corrected chi connectivity index (χ1v) is 8.68. The van der Waals surface area contributed by atoms with Crippen LogP contribution in [0.5, 0.6) is 0 Å². The van der Waals surface area contributed by atoms with E-state index in [1.54, 1.807) is 6.08 Å². The lowest BCUT2D eigenvalue weighted by Crippen LogP contribution is -2.21. The normalized spacial score (nSPS) is 13.8. The van der Waals surface area contributed by atoms with Crippen molar-refractivity contribution < 1.29 is 15.0 Å². The van der Waals surface area contributed by atoms with Crippen LogP contribution in [-0.2, 0) is 4.79 Å². The topological polar surface area (TPSA) is 60.4 Å². The molecule has 0 aromatic rings. The number of hydrogen-bond acceptors (Lipinski definition) is 3. The Morgan fingerprint density at radius 2 is 1.74 bits per heavy atom. The van der Waals surface area contributed by atoms with Crippen molar-refractivity contribution in [1.82, 2.24) is 0 Å². The lowest BCUT2D eigenvalue weighted by molar-refractivity contribution is -0.305. The summed E-state index contributed by atoms with van der Waals surface area (Å²) in [5.74, 6) is -0.990. The maximum atomic E-state index is 10.2. The van der Waals surface area contributed by atoms with Crippen LogP contribution in [0.4, 0.5) is 0 Å². The molecule has 0 saturated heterocycles. The molecule has 0 rings (SSSR count). The summed E-state index contributed by atoms with van der Waals surface area (Å²) in [4.78, 5) is 10.2. The molecule has 0 aliphatic carbocycles. The molecule has 23 heavy (non-hydrogen) atoms. The Hall–Kier alpha value is -1.61. The van der Waals surface area contributed by atoms with Crippen LogP contribution >= 0.6 is 0 Å². The van der Waals surface area contributed by atoms with E-state index in [9.17, 15) is 15.0 Å². The Morgan fingerprint density at radius 1 is 1.00 bits per heavy atom. The van der Waals surface area contributed by atoms with Crippen molar-refractivity contribution in [2.45, 2.75) is 70.8 Å². The molecule has 0 radical (unpaired) electrons. The van der Waals surface area contributed by atoms with Crippen molar-refractivity contribution >= 4 is 5.97 Å². The number of carboxylic acid groups (broad SMARTS) is 1. The smallest absolute Gasteiger partial charge is 0.0758 e. The minimum absolute atomic E-state index is 0.117. The fourth-order valence-corrected chi connectivity index (χ4v) is 1.95. The Bertz CT molecular complexity index is 392. The molecule has 0 fully saturated rings. The zero-order chi connectivity index (χ0) is 17.2. The number of aliphatic carboxylic acids is 1. The zero-order valence-electron chi connectivity index (χ0n) is 14.3. The van der Waals surface area contributed by atoms with Gasteiger partial charge >= 0.3 is 0 Å². The molecule has 0 aromatic heterocycles. The summed E-state index contributed by atoms with van der Waals surface area (Å²) >= 11 is 0. The maximum absolute atomic E-state index is 10.2. The Morgan fingerprint density at radius 3 is 2.48 bits per heavy atom. The van der Waals surface area contributed by atoms with Gasteiger partial charge in [-0.3, -0.25) is 0 Å². The molecule has 0 saturated carbocycles.